The van der Waals surface area contributed by atoms with Gasteiger partial charge in [-0.15, -0.1) is 0 Å². The molecule has 27 heavy (non-hydrogen) atoms. The lowest BCUT2D eigenvalue weighted by atomic mass is 10.2. The second-order valence-electron chi connectivity index (χ2n) is 6.68. The van der Waals surface area contributed by atoms with E-state index in [0.717, 1.165) is 25.5 Å². The zero-order valence-electron chi connectivity index (χ0n) is 15.6. The molecule has 0 saturated carbocycles. The number of rotatable bonds is 8. The van der Waals surface area contributed by atoms with E-state index in [1.807, 2.05) is 52.2 Å². The molecule has 0 aliphatic carbocycles. The minimum atomic E-state index is 0.00919. The van der Waals surface area contributed by atoms with Crippen molar-refractivity contribution < 1.29 is 9.59 Å². The van der Waals surface area contributed by atoms with Gasteiger partial charge in [0.2, 0.25) is 11.8 Å². The molecule has 0 unspecified atom stereocenters. The third-order valence-electron chi connectivity index (χ3n) is 4.76. The molecule has 1 aliphatic heterocycles. The van der Waals surface area contributed by atoms with E-state index >= 15 is 0 Å². The standard InChI is InChI=1S/C20H27N5O2/c26-19(22-10-13-23-11-3-4-12-23)7-5-8-20(27)25-16-14-24(15-17-25)18-6-1-2-9-21-18/h1-4,6,9,11-12H,5,7-8,10,13-17H2,(H,22,26). The highest BCUT2D eigenvalue weighted by Gasteiger charge is 2.21. The van der Waals surface area contributed by atoms with Crippen LogP contribution in [0.3, 0.4) is 0 Å². The van der Waals surface area contributed by atoms with Crippen molar-refractivity contribution in [1.82, 2.24) is 19.8 Å². The van der Waals surface area contributed by atoms with E-state index in [1.54, 1.807) is 6.20 Å². The number of piperazine rings is 1. The van der Waals surface area contributed by atoms with E-state index in [4.69, 9.17) is 0 Å². The Kier molecular flexibility index (Phi) is 6.84. The SMILES string of the molecule is O=C(CCCC(=O)N1CCN(c2ccccn2)CC1)NCCn1cccc1. The van der Waals surface area contributed by atoms with Gasteiger partial charge in [-0.05, 0) is 30.7 Å². The van der Waals surface area contributed by atoms with Gasteiger partial charge >= 0.3 is 0 Å². The van der Waals surface area contributed by atoms with Gasteiger partial charge in [0.05, 0.1) is 0 Å². The molecular weight excluding hydrogens is 342 g/mol. The van der Waals surface area contributed by atoms with Gasteiger partial charge < -0.3 is 19.7 Å². The first-order chi connectivity index (χ1) is 13.2. The molecule has 0 radical (unpaired) electrons. The summed E-state index contributed by atoms with van der Waals surface area (Å²) < 4.78 is 2.02. The van der Waals surface area contributed by atoms with E-state index in [2.05, 4.69) is 15.2 Å². The predicted octanol–water partition coefficient (Wildman–Crippen LogP) is 1.52. The third kappa shape index (κ3) is 5.84. The van der Waals surface area contributed by atoms with Crippen molar-refractivity contribution in [2.45, 2.75) is 25.8 Å². The van der Waals surface area contributed by atoms with Crippen LogP contribution in [0.4, 0.5) is 5.82 Å². The number of nitrogens with zero attached hydrogens (tertiary/aromatic N) is 4. The Labute approximate surface area is 160 Å². The second kappa shape index (κ2) is 9.75. The minimum absolute atomic E-state index is 0.00919. The number of pyridine rings is 1. The number of carbonyl (C=O) groups excluding carboxylic acids is 2. The largest absolute Gasteiger partial charge is 0.354 e. The molecule has 0 spiro atoms. The lowest BCUT2D eigenvalue weighted by molar-refractivity contribution is -0.131. The van der Waals surface area contributed by atoms with E-state index in [9.17, 15) is 9.59 Å². The molecule has 2 aromatic rings. The topological polar surface area (TPSA) is 70.5 Å². The number of anilines is 1. The molecule has 1 saturated heterocycles. The van der Waals surface area contributed by atoms with Crippen molar-refractivity contribution in [2.24, 2.45) is 0 Å². The van der Waals surface area contributed by atoms with Crippen LogP contribution in [0, 0.1) is 0 Å². The fourth-order valence-electron chi connectivity index (χ4n) is 3.22. The van der Waals surface area contributed by atoms with Gasteiger partial charge in [0.1, 0.15) is 5.82 Å². The highest BCUT2D eigenvalue weighted by atomic mass is 16.2. The first-order valence-corrected chi connectivity index (χ1v) is 9.53. The fraction of sp³-hybridized carbons (Fsp3) is 0.450. The Hall–Kier alpha value is -2.83. The zero-order chi connectivity index (χ0) is 18.9. The first kappa shape index (κ1) is 18.9. The van der Waals surface area contributed by atoms with Gasteiger partial charge in [-0.3, -0.25) is 9.59 Å². The summed E-state index contributed by atoms with van der Waals surface area (Å²) in [7, 11) is 0. The van der Waals surface area contributed by atoms with Crippen LogP contribution in [-0.4, -0.2) is 59.0 Å². The normalized spacial score (nSPS) is 14.2. The van der Waals surface area contributed by atoms with Crippen LogP contribution in [0.5, 0.6) is 0 Å². The Morgan fingerprint density at radius 2 is 1.78 bits per heavy atom. The number of aromatic nitrogens is 2. The third-order valence-corrected chi connectivity index (χ3v) is 4.76. The second-order valence-corrected chi connectivity index (χ2v) is 6.68. The number of amides is 2. The molecule has 0 bridgehead atoms. The highest BCUT2D eigenvalue weighted by Crippen LogP contribution is 2.13. The van der Waals surface area contributed by atoms with E-state index in [1.165, 1.54) is 0 Å². The Balaban J connectivity index is 1.29. The summed E-state index contributed by atoms with van der Waals surface area (Å²) in [4.78, 5) is 32.7. The zero-order valence-corrected chi connectivity index (χ0v) is 15.6. The van der Waals surface area contributed by atoms with Gasteiger partial charge in [-0.25, -0.2) is 4.98 Å². The fourth-order valence-corrected chi connectivity index (χ4v) is 3.22. The van der Waals surface area contributed by atoms with E-state index in [-0.39, 0.29) is 11.8 Å². The molecular formula is C20H27N5O2. The molecule has 0 aromatic carbocycles. The summed E-state index contributed by atoms with van der Waals surface area (Å²) in [5.41, 5.74) is 0. The Bertz CT molecular complexity index is 709. The molecule has 144 valence electrons. The lowest BCUT2D eigenvalue weighted by Crippen LogP contribution is -2.49. The maximum absolute atomic E-state index is 12.3. The predicted molar refractivity (Wildman–Crippen MR) is 104 cm³/mol. The van der Waals surface area contributed by atoms with Crippen LogP contribution >= 0.6 is 0 Å². The summed E-state index contributed by atoms with van der Waals surface area (Å²) in [6, 6.07) is 9.79. The van der Waals surface area contributed by atoms with Gasteiger partial charge in [0.15, 0.2) is 0 Å². The number of hydrogen-bond acceptors (Lipinski definition) is 4. The van der Waals surface area contributed by atoms with E-state index in [0.29, 0.717) is 38.9 Å². The Morgan fingerprint density at radius 1 is 1.00 bits per heavy atom. The maximum atomic E-state index is 12.3. The van der Waals surface area contributed by atoms with E-state index < -0.39 is 0 Å². The minimum Gasteiger partial charge on any atom is -0.354 e. The van der Waals surface area contributed by atoms with Crippen LogP contribution in [-0.2, 0) is 16.1 Å². The van der Waals surface area contributed by atoms with Gasteiger partial charge in [-0.1, -0.05) is 6.07 Å². The highest BCUT2D eigenvalue weighted by molar-refractivity contribution is 5.79. The molecule has 0 atom stereocenters. The molecule has 1 N–H and O–H groups in total. The van der Waals surface area contributed by atoms with Crippen molar-refractivity contribution in [2.75, 3.05) is 37.6 Å². The van der Waals surface area contributed by atoms with Crippen LogP contribution in [0.1, 0.15) is 19.3 Å². The van der Waals surface area contributed by atoms with Crippen molar-refractivity contribution in [3.05, 3.63) is 48.9 Å². The van der Waals surface area contributed by atoms with Gasteiger partial charge in [0, 0.05) is 70.7 Å². The molecule has 7 heteroatoms. The van der Waals surface area contributed by atoms with Crippen LogP contribution in [0.2, 0.25) is 0 Å². The van der Waals surface area contributed by atoms with Crippen LogP contribution in [0.15, 0.2) is 48.9 Å². The lowest BCUT2D eigenvalue weighted by Gasteiger charge is -2.35. The van der Waals surface area contributed by atoms with Crippen molar-refractivity contribution in [3.63, 3.8) is 0 Å². The first-order valence-electron chi connectivity index (χ1n) is 9.53. The summed E-state index contributed by atoms with van der Waals surface area (Å²) in [5, 5.41) is 2.90. The van der Waals surface area contributed by atoms with Crippen molar-refractivity contribution >= 4 is 17.6 Å². The summed E-state index contributed by atoms with van der Waals surface area (Å²) in [6.07, 6.45) is 7.14. The molecule has 2 aromatic heterocycles. The summed E-state index contributed by atoms with van der Waals surface area (Å²) in [6.45, 7) is 4.37. The average Bonchev–Trinajstić information content (AvgIpc) is 3.22. The molecule has 7 nitrogen and oxygen atoms in total. The van der Waals surface area contributed by atoms with Gasteiger partial charge in [0.25, 0.3) is 0 Å². The summed E-state index contributed by atoms with van der Waals surface area (Å²) in [5.74, 6) is 1.10. The summed E-state index contributed by atoms with van der Waals surface area (Å²) >= 11 is 0. The van der Waals surface area contributed by atoms with Crippen molar-refractivity contribution in [1.29, 1.82) is 0 Å². The number of nitrogens with one attached hydrogen (secondary N) is 1. The van der Waals surface area contributed by atoms with Crippen molar-refractivity contribution in [3.8, 4) is 0 Å². The number of carbonyl (C=O) groups is 2. The average molecular weight is 369 g/mol. The molecule has 1 aliphatic rings. The molecule has 3 heterocycles. The van der Waals surface area contributed by atoms with Crippen LogP contribution in [0.25, 0.3) is 0 Å². The van der Waals surface area contributed by atoms with Crippen LogP contribution < -0.4 is 10.2 Å². The van der Waals surface area contributed by atoms with Gasteiger partial charge in [-0.2, -0.15) is 0 Å². The molecule has 3 rings (SSSR count). The number of hydrogen-bond donors (Lipinski definition) is 1. The maximum Gasteiger partial charge on any atom is 0.222 e. The quantitative estimate of drug-likeness (QED) is 0.766. The molecule has 1 fully saturated rings. The smallest absolute Gasteiger partial charge is 0.222 e. The Morgan fingerprint density at radius 3 is 2.48 bits per heavy atom. The molecule has 2 amide bonds. The monoisotopic (exact) mass is 369 g/mol.